The smallest absolute Gasteiger partial charge is 0.294 e. The van der Waals surface area contributed by atoms with Crippen LogP contribution in [0.5, 0.6) is 0 Å². The lowest BCUT2D eigenvalue weighted by Gasteiger charge is -2.61. The molecule has 0 N–H and O–H groups in total. The molecule has 0 aromatic rings. The molecule has 7 atom stereocenters. The van der Waals surface area contributed by atoms with E-state index < -0.39 is 17.6 Å². The van der Waals surface area contributed by atoms with Gasteiger partial charge in [-0.05, 0) is 38.0 Å². The lowest BCUT2D eigenvalue weighted by atomic mass is 9.57. The van der Waals surface area contributed by atoms with Gasteiger partial charge in [0, 0.05) is 18.3 Å². The molecule has 2 bridgehead atoms. The van der Waals surface area contributed by atoms with Gasteiger partial charge in [-0.2, -0.15) is 0 Å². The molecular formula is C17H25NO6. The Morgan fingerprint density at radius 3 is 2.79 bits per heavy atom. The van der Waals surface area contributed by atoms with Crippen LogP contribution in [0, 0.1) is 23.7 Å². The molecule has 5 unspecified atom stereocenters. The van der Waals surface area contributed by atoms with Gasteiger partial charge in [0.15, 0.2) is 18.6 Å². The molecular weight excluding hydrogens is 314 g/mol. The summed E-state index contributed by atoms with van der Waals surface area (Å²) in [7, 11) is 0. The van der Waals surface area contributed by atoms with Crippen molar-refractivity contribution >= 4 is 12.4 Å². The van der Waals surface area contributed by atoms with Gasteiger partial charge in [-0.3, -0.25) is 14.5 Å². The van der Waals surface area contributed by atoms with Crippen molar-refractivity contribution in [2.45, 2.75) is 64.1 Å². The third kappa shape index (κ3) is 2.01. The van der Waals surface area contributed by atoms with Gasteiger partial charge in [0.1, 0.15) is 0 Å². The molecule has 7 heteroatoms. The summed E-state index contributed by atoms with van der Waals surface area (Å²) in [5, 5.41) is 0. The van der Waals surface area contributed by atoms with Crippen LogP contribution in [0.2, 0.25) is 0 Å². The van der Waals surface area contributed by atoms with Crippen molar-refractivity contribution in [2.75, 3.05) is 6.73 Å². The molecule has 5 fully saturated rings. The number of likely N-dealkylation sites (tertiary alicyclic amines) is 1. The number of carbonyl (C=O) groups is 2. The van der Waals surface area contributed by atoms with Gasteiger partial charge in [0.2, 0.25) is 11.7 Å². The molecule has 1 amide bonds. The molecule has 4 saturated heterocycles. The van der Waals surface area contributed by atoms with Gasteiger partial charge in [-0.15, -0.1) is 0 Å². The van der Waals surface area contributed by atoms with E-state index >= 15 is 0 Å². The van der Waals surface area contributed by atoms with E-state index in [1.54, 1.807) is 0 Å². The minimum absolute atomic E-state index is 0.0475. The van der Waals surface area contributed by atoms with Crippen molar-refractivity contribution in [3.8, 4) is 0 Å². The molecule has 5 aliphatic rings. The molecule has 24 heavy (non-hydrogen) atoms. The molecule has 1 aliphatic carbocycles. The molecule has 4 heterocycles. The van der Waals surface area contributed by atoms with E-state index in [2.05, 4.69) is 6.92 Å². The largest absolute Gasteiger partial charge is 0.446 e. The number of nitrogens with zero attached hydrogens (tertiary/aromatic N) is 1. The Bertz CT molecular complexity index is 555. The van der Waals surface area contributed by atoms with Crippen LogP contribution in [0.15, 0.2) is 0 Å². The number of fused-ring (bicyclic) bond motifs is 2. The van der Waals surface area contributed by atoms with Crippen LogP contribution >= 0.6 is 0 Å². The summed E-state index contributed by atoms with van der Waals surface area (Å²) >= 11 is 0. The van der Waals surface area contributed by atoms with Crippen molar-refractivity contribution < 1.29 is 28.8 Å². The van der Waals surface area contributed by atoms with E-state index in [1.165, 1.54) is 4.90 Å². The maximum absolute atomic E-state index is 12.9. The summed E-state index contributed by atoms with van der Waals surface area (Å²) in [4.78, 5) is 36.9. The third-order valence-electron chi connectivity index (χ3n) is 6.64. The average molecular weight is 339 g/mol. The Morgan fingerprint density at radius 2 is 2.04 bits per heavy atom. The minimum atomic E-state index is -0.877. The third-order valence-corrected chi connectivity index (χ3v) is 6.64. The van der Waals surface area contributed by atoms with Gasteiger partial charge < -0.3 is 9.47 Å². The van der Waals surface area contributed by atoms with Gasteiger partial charge >= 0.3 is 0 Å². The van der Waals surface area contributed by atoms with E-state index in [4.69, 9.17) is 19.2 Å². The highest BCUT2D eigenvalue weighted by Crippen LogP contribution is 2.60. The summed E-state index contributed by atoms with van der Waals surface area (Å²) < 4.78 is 11.2. The number of piperidine rings is 1. The van der Waals surface area contributed by atoms with Crippen LogP contribution in [-0.2, 0) is 28.8 Å². The van der Waals surface area contributed by atoms with Crippen LogP contribution in [-0.4, -0.2) is 41.6 Å². The van der Waals surface area contributed by atoms with Crippen molar-refractivity contribution in [2.24, 2.45) is 23.7 Å². The molecule has 134 valence electrons. The Morgan fingerprint density at radius 1 is 1.25 bits per heavy atom. The molecule has 0 aromatic heterocycles. The second-order valence-corrected chi connectivity index (χ2v) is 7.92. The van der Waals surface area contributed by atoms with E-state index in [0.29, 0.717) is 12.4 Å². The zero-order valence-corrected chi connectivity index (χ0v) is 14.4. The highest BCUT2D eigenvalue weighted by Gasteiger charge is 2.70. The van der Waals surface area contributed by atoms with Crippen LogP contribution in [0.3, 0.4) is 0 Å². The number of hydrogen-bond donors (Lipinski definition) is 0. The van der Waals surface area contributed by atoms with Crippen molar-refractivity contribution in [1.82, 2.24) is 4.90 Å². The lowest BCUT2D eigenvalue weighted by Crippen LogP contribution is -2.75. The predicted octanol–water partition coefficient (Wildman–Crippen LogP) is 1.81. The Labute approximate surface area is 141 Å². The van der Waals surface area contributed by atoms with Gasteiger partial charge in [0.25, 0.3) is 6.47 Å². The van der Waals surface area contributed by atoms with Crippen LogP contribution < -0.4 is 0 Å². The van der Waals surface area contributed by atoms with E-state index in [-0.39, 0.29) is 30.4 Å². The zero-order chi connectivity index (χ0) is 17.1. The van der Waals surface area contributed by atoms with Crippen LogP contribution in [0.25, 0.3) is 0 Å². The standard InChI is InChI=1S/C17H25NO6/c1-10-4-5-13-11(2)14(20)18(8-21-9-19)15-17(13)12(10)6-7-16(3,22-15)23-24-17/h9-13,15H,4-8H2,1-3H3/t10-,11-,12?,13?,15?,16?,17?/m1/s1. The maximum atomic E-state index is 12.9. The fraction of sp³-hybridized carbons (Fsp3) is 0.882. The average Bonchev–Trinajstić information content (AvgIpc) is 2.79. The van der Waals surface area contributed by atoms with E-state index in [9.17, 15) is 9.59 Å². The molecule has 0 radical (unpaired) electrons. The molecule has 1 saturated carbocycles. The Hall–Kier alpha value is -1.18. The minimum Gasteiger partial charge on any atom is -0.446 e. The predicted molar refractivity (Wildman–Crippen MR) is 80.8 cm³/mol. The van der Waals surface area contributed by atoms with Gasteiger partial charge in [-0.1, -0.05) is 13.8 Å². The van der Waals surface area contributed by atoms with Crippen molar-refractivity contribution in [3.63, 3.8) is 0 Å². The second-order valence-electron chi connectivity index (χ2n) is 7.92. The van der Waals surface area contributed by atoms with Crippen LogP contribution in [0.1, 0.15) is 46.5 Å². The van der Waals surface area contributed by atoms with Gasteiger partial charge in [0.05, 0.1) is 0 Å². The monoisotopic (exact) mass is 339 g/mol. The molecule has 0 aromatic carbocycles. The topological polar surface area (TPSA) is 74.3 Å². The van der Waals surface area contributed by atoms with Crippen LogP contribution in [0.4, 0.5) is 0 Å². The number of carbonyl (C=O) groups excluding carboxylic acids is 2. The maximum Gasteiger partial charge on any atom is 0.294 e. The highest BCUT2D eigenvalue weighted by atomic mass is 17.3. The first-order valence-corrected chi connectivity index (χ1v) is 8.83. The highest BCUT2D eigenvalue weighted by molar-refractivity contribution is 5.80. The van der Waals surface area contributed by atoms with E-state index in [0.717, 1.165) is 25.7 Å². The number of amides is 1. The second kappa shape index (κ2) is 5.41. The summed E-state index contributed by atoms with van der Waals surface area (Å²) in [5.41, 5.74) is -0.687. The number of ether oxygens (including phenoxy) is 2. The summed E-state index contributed by atoms with van der Waals surface area (Å²) in [5.74, 6) is -0.388. The molecule has 5 rings (SSSR count). The number of hydrogen-bond acceptors (Lipinski definition) is 6. The first-order valence-electron chi connectivity index (χ1n) is 8.83. The number of rotatable bonds is 3. The van der Waals surface area contributed by atoms with Gasteiger partial charge in [-0.25, -0.2) is 9.78 Å². The summed E-state index contributed by atoms with van der Waals surface area (Å²) in [6.45, 7) is 6.26. The fourth-order valence-electron chi connectivity index (χ4n) is 5.40. The SMILES string of the molecule is C[C@@H]1CCC2[C@@H](C)C(=O)N(COC=O)C3OC4(C)CCC1C23OO4. The molecule has 7 nitrogen and oxygen atoms in total. The van der Waals surface area contributed by atoms with Crippen molar-refractivity contribution in [3.05, 3.63) is 0 Å². The molecule has 4 aliphatic heterocycles. The molecule has 1 spiro atoms. The van der Waals surface area contributed by atoms with Crippen molar-refractivity contribution in [1.29, 1.82) is 0 Å². The first kappa shape index (κ1) is 16.3. The lowest BCUT2D eigenvalue weighted by molar-refractivity contribution is -0.548. The zero-order valence-electron chi connectivity index (χ0n) is 14.4. The fourth-order valence-corrected chi connectivity index (χ4v) is 5.40. The first-order chi connectivity index (χ1) is 11.4. The Kier molecular flexibility index (Phi) is 3.67. The summed E-state index contributed by atoms with van der Waals surface area (Å²) in [6.07, 6.45) is 3.06. The normalized spacial score (nSPS) is 50.2. The van der Waals surface area contributed by atoms with E-state index in [1.807, 2.05) is 13.8 Å². The quantitative estimate of drug-likeness (QED) is 0.577. The Balaban J connectivity index is 1.82. The summed E-state index contributed by atoms with van der Waals surface area (Å²) in [6, 6.07) is 0.